The number of likely N-dealkylation sites (tertiary alicyclic amines) is 1. The van der Waals surface area contributed by atoms with Crippen LogP contribution in [0.5, 0.6) is 0 Å². The predicted octanol–water partition coefficient (Wildman–Crippen LogP) is 2.61. The van der Waals surface area contributed by atoms with Crippen LogP contribution in [-0.4, -0.2) is 36.5 Å². The molecule has 1 aliphatic rings. The molecule has 0 spiro atoms. The number of nitrogens with zero attached hydrogens (tertiary/aromatic N) is 1. The minimum Gasteiger partial charge on any atom is -0.352 e. The van der Waals surface area contributed by atoms with E-state index in [1.54, 1.807) is 0 Å². The van der Waals surface area contributed by atoms with Crippen LogP contribution in [0.3, 0.4) is 0 Å². The summed E-state index contributed by atoms with van der Waals surface area (Å²) in [7, 11) is 0. The van der Waals surface area contributed by atoms with Gasteiger partial charge in [0.1, 0.15) is 6.04 Å². The Morgan fingerprint density at radius 3 is 2.43 bits per heavy atom. The zero-order valence-electron chi connectivity index (χ0n) is 13.5. The Hall–Kier alpha value is -1.07. The highest BCUT2D eigenvalue weighted by Crippen LogP contribution is 2.14. The summed E-state index contributed by atoms with van der Waals surface area (Å²) in [5, 5.41) is 3.08. The SMILES string of the molecule is C=CCN1CCC(NC(=O)C(N)c2ccc(C)cc2)CC1.Cl.Cl. The molecule has 0 bridgehead atoms. The fourth-order valence-electron chi connectivity index (χ4n) is 2.66. The third-order valence-corrected chi connectivity index (χ3v) is 4.04. The lowest BCUT2D eigenvalue weighted by molar-refractivity contribution is -0.123. The fraction of sp³-hybridized carbons (Fsp3) is 0.471. The number of amides is 1. The van der Waals surface area contributed by atoms with E-state index in [0.29, 0.717) is 0 Å². The van der Waals surface area contributed by atoms with E-state index in [4.69, 9.17) is 5.73 Å². The number of hydrogen-bond acceptors (Lipinski definition) is 3. The molecular weight excluding hydrogens is 333 g/mol. The number of benzene rings is 1. The molecule has 6 heteroatoms. The Bertz CT molecular complexity index is 485. The van der Waals surface area contributed by atoms with Gasteiger partial charge >= 0.3 is 0 Å². The quantitative estimate of drug-likeness (QED) is 0.794. The Morgan fingerprint density at radius 1 is 1.35 bits per heavy atom. The van der Waals surface area contributed by atoms with Crippen molar-refractivity contribution in [3.63, 3.8) is 0 Å². The lowest BCUT2D eigenvalue weighted by Gasteiger charge is -2.32. The van der Waals surface area contributed by atoms with Crippen LogP contribution in [0.2, 0.25) is 0 Å². The molecule has 0 radical (unpaired) electrons. The van der Waals surface area contributed by atoms with Crippen molar-refractivity contribution < 1.29 is 4.79 Å². The highest BCUT2D eigenvalue weighted by molar-refractivity contribution is 5.85. The average Bonchev–Trinajstić information content (AvgIpc) is 2.49. The molecule has 0 aromatic heterocycles. The first-order valence-corrected chi connectivity index (χ1v) is 7.56. The van der Waals surface area contributed by atoms with Crippen LogP contribution in [0.1, 0.15) is 30.0 Å². The predicted molar refractivity (Wildman–Crippen MR) is 100 cm³/mol. The first kappa shape index (κ1) is 21.9. The van der Waals surface area contributed by atoms with Crippen LogP contribution in [0.15, 0.2) is 36.9 Å². The minimum atomic E-state index is -0.586. The highest BCUT2D eigenvalue weighted by atomic mass is 35.5. The zero-order chi connectivity index (χ0) is 15.2. The van der Waals surface area contributed by atoms with Gasteiger partial charge in [-0.1, -0.05) is 35.9 Å². The van der Waals surface area contributed by atoms with Gasteiger partial charge in [-0.15, -0.1) is 31.4 Å². The van der Waals surface area contributed by atoms with Crippen molar-refractivity contribution in [1.82, 2.24) is 10.2 Å². The van der Waals surface area contributed by atoms with Crippen LogP contribution in [-0.2, 0) is 4.79 Å². The average molecular weight is 360 g/mol. The summed E-state index contributed by atoms with van der Waals surface area (Å²) in [6, 6.07) is 7.46. The first-order valence-electron chi connectivity index (χ1n) is 7.56. The van der Waals surface area contributed by atoms with Gasteiger partial charge in [-0.3, -0.25) is 9.69 Å². The van der Waals surface area contributed by atoms with Gasteiger partial charge in [-0.25, -0.2) is 0 Å². The normalized spacial score (nSPS) is 16.6. The Balaban J connectivity index is 0.00000242. The second-order valence-corrected chi connectivity index (χ2v) is 5.76. The van der Waals surface area contributed by atoms with Gasteiger partial charge in [0.15, 0.2) is 0 Å². The largest absolute Gasteiger partial charge is 0.352 e. The molecule has 1 unspecified atom stereocenters. The van der Waals surface area contributed by atoms with Crippen LogP contribution in [0, 0.1) is 6.92 Å². The van der Waals surface area contributed by atoms with Crippen molar-refractivity contribution in [2.45, 2.75) is 31.8 Å². The lowest BCUT2D eigenvalue weighted by Crippen LogP contribution is -2.47. The van der Waals surface area contributed by atoms with Crippen molar-refractivity contribution in [3.05, 3.63) is 48.0 Å². The van der Waals surface area contributed by atoms with Crippen molar-refractivity contribution in [2.24, 2.45) is 5.73 Å². The number of nitrogens with one attached hydrogen (secondary N) is 1. The van der Waals surface area contributed by atoms with Crippen LogP contribution in [0.25, 0.3) is 0 Å². The number of piperidine rings is 1. The Labute approximate surface area is 151 Å². The van der Waals surface area contributed by atoms with E-state index in [-0.39, 0.29) is 36.8 Å². The summed E-state index contributed by atoms with van der Waals surface area (Å²) in [4.78, 5) is 14.6. The van der Waals surface area contributed by atoms with Crippen molar-refractivity contribution in [1.29, 1.82) is 0 Å². The number of aryl methyl sites for hydroxylation is 1. The maximum Gasteiger partial charge on any atom is 0.241 e. The molecule has 2 rings (SSSR count). The smallest absolute Gasteiger partial charge is 0.241 e. The number of carbonyl (C=O) groups excluding carboxylic acids is 1. The summed E-state index contributed by atoms with van der Waals surface area (Å²) < 4.78 is 0. The third kappa shape index (κ3) is 6.51. The molecule has 3 N–H and O–H groups in total. The highest BCUT2D eigenvalue weighted by Gasteiger charge is 2.23. The first-order chi connectivity index (χ1) is 10.1. The third-order valence-electron chi connectivity index (χ3n) is 4.04. The topological polar surface area (TPSA) is 58.4 Å². The molecule has 1 aromatic rings. The molecular formula is C17H27Cl2N3O. The van der Waals surface area contributed by atoms with Gasteiger partial charge in [0.2, 0.25) is 5.91 Å². The van der Waals surface area contributed by atoms with E-state index in [9.17, 15) is 4.79 Å². The molecule has 1 saturated heterocycles. The zero-order valence-corrected chi connectivity index (χ0v) is 15.2. The molecule has 1 heterocycles. The van der Waals surface area contributed by atoms with Gasteiger partial charge in [0, 0.05) is 25.7 Å². The van der Waals surface area contributed by atoms with E-state index in [0.717, 1.165) is 38.0 Å². The summed E-state index contributed by atoms with van der Waals surface area (Å²) in [6.07, 6.45) is 3.87. The standard InChI is InChI=1S/C17H25N3O.2ClH/c1-3-10-20-11-8-15(9-12-20)19-17(21)16(18)14-6-4-13(2)5-7-14;;/h3-7,15-16H,1,8-12,18H2,2H3,(H,19,21);2*1H. The van der Waals surface area contributed by atoms with Crippen LogP contribution >= 0.6 is 24.8 Å². The van der Waals surface area contributed by atoms with Crippen molar-refractivity contribution in [3.8, 4) is 0 Å². The maximum atomic E-state index is 12.2. The summed E-state index contributed by atoms with van der Waals surface area (Å²) in [5.74, 6) is -0.0824. The lowest BCUT2D eigenvalue weighted by atomic mass is 10.0. The second-order valence-electron chi connectivity index (χ2n) is 5.76. The summed E-state index contributed by atoms with van der Waals surface area (Å²) in [6.45, 7) is 8.69. The number of halogens is 2. The molecule has 0 saturated carbocycles. The molecule has 1 amide bonds. The number of carbonyl (C=O) groups is 1. The van der Waals surface area contributed by atoms with Gasteiger partial charge in [-0.05, 0) is 25.3 Å². The van der Waals surface area contributed by atoms with Gasteiger partial charge < -0.3 is 11.1 Å². The molecule has 0 aliphatic carbocycles. The molecule has 1 fully saturated rings. The minimum absolute atomic E-state index is 0. The molecule has 1 aliphatic heterocycles. The number of hydrogen-bond donors (Lipinski definition) is 2. The molecule has 1 aromatic carbocycles. The van der Waals surface area contributed by atoms with E-state index in [1.807, 2.05) is 37.3 Å². The summed E-state index contributed by atoms with van der Waals surface area (Å²) in [5.41, 5.74) is 8.08. The van der Waals surface area contributed by atoms with Crippen molar-refractivity contribution >= 4 is 30.7 Å². The van der Waals surface area contributed by atoms with Crippen LogP contribution in [0.4, 0.5) is 0 Å². The number of rotatable bonds is 5. The maximum absolute atomic E-state index is 12.2. The van der Waals surface area contributed by atoms with Gasteiger partial charge in [0.05, 0.1) is 0 Å². The second kappa shape index (κ2) is 10.7. The van der Waals surface area contributed by atoms with Crippen LogP contribution < -0.4 is 11.1 Å². The summed E-state index contributed by atoms with van der Waals surface area (Å²) >= 11 is 0. The molecule has 130 valence electrons. The van der Waals surface area contributed by atoms with Gasteiger partial charge in [0.25, 0.3) is 0 Å². The molecule has 23 heavy (non-hydrogen) atoms. The monoisotopic (exact) mass is 359 g/mol. The van der Waals surface area contributed by atoms with Gasteiger partial charge in [-0.2, -0.15) is 0 Å². The fourth-order valence-corrected chi connectivity index (χ4v) is 2.66. The number of nitrogens with two attached hydrogens (primary N) is 1. The van der Waals surface area contributed by atoms with E-state index < -0.39 is 6.04 Å². The van der Waals surface area contributed by atoms with Crippen molar-refractivity contribution in [2.75, 3.05) is 19.6 Å². The Kier molecular flexibility index (Phi) is 10.2. The molecule has 1 atom stereocenters. The Morgan fingerprint density at radius 2 is 1.91 bits per heavy atom. The van der Waals surface area contributed by atoms with E-state index >= 15 is 0 Å². The van der Waals surface area contributed by atoms with E-state index in [1.165, 1.54) is 5.56 Å². The van der Waals surface area contributed by atoms with E-state index in [2.05, 4.69) is 16.8 Å². The molecule has 4 nitrogen and oxygen atoms in total.